The monoisotopic (exact) mass is 483 g/mol. The Morgan fingerprint density at radius 2 is 1.69 bits per heavy atom. The quantitative estimate of drug-likeness (QED) is 0.579. The highest BCUT2D eigenvalue weighted by Gasteiger charge is 2.31. The molecule has 1 atom stereocenters. The van der Waals surface area contributed by atoms with Crippen LogP contribution in [0.5, 0.6) is 0 Å². The predicted molar refractivity (Wildman–Crippen MR) is 137 cm³/mol. The van der Waals surface area contributed by atoms with Gasteiger partial charge in [0.15, 0.2) is 0 Å². The molecule has 188 valence electrons. The summed E-state index contributed by atoms with van der Waals surface area (Å²) in [6, 6.07) is 10.8. The van der Waals surface area contributed by atoms with Crippen LogP contribution in [0.15, 0.2) is 42.7 Å². The van der Waals surface area contributed by atoms with Crippen LogP contribution in [-0.2, 0) is 0 Å². The molecule has 2 aliphatic heterocycles. The van der Waals surface area contributed by atoms with Gasteiger partial charge in [0, 0.05) is 50.6 Å². The van der Waals surface area contributed by atoms with Gasteiger partial charge < -0.3 is 15.1 Å². The van der Waals surface area contributed by atoms with Crippen molar-refractivity contribution >= 4 is 17.3 Å². The van der Waals surface area contributed by atoms with E-state index < -0.39 is 11.6 Å². The summed E-state index contributed by atoms with van der Waals surface area (Å²) in [5.74, 6) is -0.941. The molecule has 0 saturated carbocycles. The SMILES string of the molecule is Cc1cc(Nc2ncn(-c3cc(F)cc(F)c3)n2)cc(N2CCN(C3CCN(C)CC3)C(C)C2)c1.[HH]. The van der Waals surface area contributed by atoms with Crippen molar-refractivity contribution in [1.82, 2.24) is 24.6 Å². The summed E-state index contributed by atoms with van der Waals surface area (Å²) in [4.78, 5) is 11.8. The summed E-state index contributed by atoms with van der Waals surface area (Å²) in [5.41, 5.74) is 3.48. The fourth-order valence-corrected chi connectivity index (χ4v) is 5.34. The first kappa shape index (κ1) is 23.7. The molecule has 9 heteroatoms. The fraction of sp³-hybridized carbons (Fsp3) is 0.462. The van der Waals surface area contributed by atoms with Crippen LogP contribution in [0.1, 0.15) is 26.8 Å². The molecule has 3 aromatic rings. The summed E-state index contributed by atoms with van der Waals surface area (Å²) < 4.78 is 28.5. The predicted octanol–water partition coefficient (Wildman–Crippen LogP) is 4.45. The summed E-state index contributed by atoms with van der Waals surface area (Å²) in [6.07, 6.45) is 3.94. The number of benzene rings is 2. The van der Waals surface area contributed by atoms with Gasteiger partial charge in [0.05, 0.1) is 5.69 Å². The minimum absolute atomic E-state index is 0. The molecule has 0 amide bonds. The van der Waals surface area contributed by atoms with E-state index in [-0.39, 0.29) is 7.11 Å². The molecule has 0 bridgehead atoms. The van der Waals surface area contributed by atoms with Crippen LogP contribution < -0.4 is 10.2 Å². The number of nitrogens with one attached hydrogen (secondary N) is 1. The maximum Gasteiger partial charge on any atom is 0.246 e. The van der Waals surface area contributed by atoms with Crippen LogP contribution in [0.4, 0.5) is 26.1 Å². The van der Waals surface area contributed by atoms with Gasteiger partial charge in [0.2, 0.25) is 5.95 Å². The van der Waals surface area contributed by atoms with E-state index in [1.54, 1.807) is 0 Å². The van der Waals surface area contributed by atoms with Gasteiger partial charge in [-0.2, -0.15) is 4.98 Å². The Hall–Kier alpha value is -3.04. The molecule has 3 heterocycles. The minimum Gasteiger partial charge on any atom is -0.369 e. The second-order valence-corrected chi connectivity index (χ2v) is 9.89. The van der Waals surface area contributed by atoms with E-state index in [9.17, 15) is 8.78 Å². The van der Waals surface area contributed by atoms with Crippen LogP contribution in [-0.4, -0.2) is 76.4 Å². The zero-order chi connectivity index (χ0) is 24.5. The van der Waals surface area contributed by atoms with E-state index in [1.807, 2.05) is 6.07 Å². The minimum atomic E-state index is -0.654. The molecule has 5 rings (SSSR count). The smallest absolute Gasteiger partial charge is 0.246 e. The van der Waals surface area contributed by atoms with Gasteiger partial charge in [-0.25, -0.2) is 13.5 Å². The van der Waals surface area contributed by atoms with Gasteiger partial charge in [-0.05, 0) is 82.7 Å². The molecule has 1 aromatic heterocycles. The topological polar surface area (TPSA) is 52.5 Å². The largest absolute Gasteiger partial charge is 0.369 e. The maximum atomic E-state index is 13.6. The lowest BCUT2D eigenvalue weighted by Gasteiger charge is -2.46. The first-order valence-corrected chi connectivity index (χ1v) is 12.3. The van der Waals surface area contributed by atoms with Crippen LogP contribution in [0.3, 0.4) is 0 Å². The number of aryl methyl sites for hydroxylation is 1. The number of aromatic nitrogens is 3. The van der Waals surface area contributed by atoms with E-state index >= 15 is 0 Å². The number of anilines is 3. The van der Waals surface area contributed by atoms with Crippen LogP contribution >= 0.6 is 0 Å². The number of hydrogen-bond acceptors (Lipinski definition) is 6. The normalized spacial score (nSPS) is 20.4. The second-order valence-electron chi connectivity index (χ2n) is 9.89. The lowest BCUT2D eigenvalue weighted by atomic mass is 10.00. The zero-order valence-corrected chi connectivity index (χ0v) is 20.6. The molecule has 0 aliphatic carbocycles. The first-order valence-electron chi connectivity index (χ1n) is 12.3. The molecule has 7 nitrogen and oxygen atoms in total. The van der Waals surface area contributed by atoms with E-state index in [1.165, 1.54) is 54.8 Å². The highest BCUT2D eigenvalue weighted by Crippen LogP contribution is 2.28. The van der Waals surface area contributed by atoms with Gasteiger partial charge in [-0.1, -0.05) is 0 Å². The molecule has 1 N–H and O–H groups in total. The summed E-state index contributed by atoms with van der Waals surface area (Å²) in [6.45, 7) is 9.85. The van der Waals surface area contributed by atoms with E-state index in [2.05, 4.69) is 63.1 Å². The average molecular weight is 484 g/mol. The lowest BCUT2D eigenvalue weighted by molar-refractivity contribution is 0.0793. The fourth-order valence-electron chi connectivity index (χ4n) is 5.34. The summed E-state index contributed by atoms with van der Waals surface area (Å²) in [5, 5.41) is 7.59. The van der Waals surface area contributed by atoms with Gasteiger partial charge in [-0.15, -0.1) is 5.10 Å². The molecule has 0 spiro atoms. The molecular weight excluding hydrogens is 448 g/mol. The first-order chi connectivity index (χ1) is 16.8. The van der Waals surface area contributed by atoms with Crippen molar-refractivity contribution in [2.24, 2.45) is 0 Å². The number of likely N-dealkylation sites (tertiary alicyclic amines) is 1. The van der Waals surface area contributed by atoms with Crippen molar-refractivity contribution in [3.8, 4) is 5.69 Å². The van der Waals surface area contributed by atoms with Crippen molar-refractivity contribution in [2.75, 3.05) is 50.0 Å². The number of piperidine rings is 1. The lowest BCUT2D eigenvalue weighted by Crippen LogP contribution is -2.57. The Balaban J connectivity index is 0.00000304. The second kappa shape index (κ2) is 9.91. The Morgan fingerprint density at radius 1 is 0.943 bits per heavy atom. The van der Waals surface area contributed by atoms with Crippen LogP contribution in [0.2, 0.25) is 0 Å². The zero-order valence-electron chi connectivity index (χ0n) is 20.6. The Labute approximate surface area is 206 Å². The van der Waals surface area contributed by atoms with Crippen molar-refractivity contribution in [3.05, 3.63) is 59.9 Å². The van der Waals surface area contributed by atoms with Crippen molar-refractivity contribution in [3.63, 3.8) is 0 Å². The van der Waals surface area contributed by atoms with E-state index in [4.69, 9.17) is 0 Å². The third kappa shape index (κ3) is 5.46. The third-order valence-corrected chi connectivity index (χ3v) is 7.12. The Kier molecular flexibility index (Phi) is 6.71. The van der Waals surface area contributed by atoms with Gasteiger partial charge >= 0.3 is 0 Å². The van der Waals surface area contributed by atoms with Gasteiger partial charge in [0.1, 0.15) is 18.0 Å². The molecule has 35 heavy (non-hydrogen) atoms. The van der Waals surface area contributed by atoms with E-state index in [0.717, 1.165) is 37.0 Å². The average Bonchev–Trinajstić information content (AvgIpc) is 3.27. The highest BCUT2D eigenvalue weighted by molar-refractivity contribution is 5.64. The van der Waals surface area contributed by atoms with Crippen LogP contribution in [0, 0.1) is 18.6 Å². The van der Waals surface area contributed by atoms with Crippen molar-refractivity contribution < 1.29 is 10.2 Å². The van der Waals surface area contributed by atoms with Gasteiger partial charge in [0.25, 0.3) is 0 Å². The molecule has 0 radical (unpaired) electrons. The number of piperazine rings is 1. The van der Waals surface area contributed by atoms with E-state index in [0.29, 0.717) is 18.0 Å². The molecule has 1 unspecified atom stereocenters. The van der Waals surface area contributed by atoms with Crippen LogP contribution in [0.25, 0.3) is 5.69 Å². The molecule has 2 saturated heterocycles. The molecule has 2 aliphatic rings. The molecular formula is C26H35F2N7. The number of halogens is 2. The highest BCUT2D eigenvalue weighted by atomic mass is 19.1. The Bertz CT molecular complexity index is 1160. The van der Waals surface area contributed by atoms with Gasteiger partial charge in [-0.3, -0.25) is 4.90 Å². The number of hydrogen-bond donors (Lipinski definition) is 1. The molecule has 2 aromatic carbocycles. The maximum absolute atomic E-state index is 13.6. The summed E-state index contributed by atoms with van der Waals surface area (Å²) in [7, 11) is 2.21. The molecule has 2 fully saturated rings. The van der Waals surface area contributed by atoms with Crippen molar-refractivity contribution in [2.45, 2.75) is 38.8 Å². The standard InChI is InChI=1S/C26H33F2N7.H2/c1-18-10-22(30-26-29-17-35(31-26)25-13-20(27)12-21(28)14-25)15-24(11-18)33-8-9-34(19(2)16-33)23-4-6-32(3)7-5-23;/h10-15,17,19,23H,4-9,16H2,1-3H3,(H,30,31);1H. The van der Waals surface area contributed by atoms with Crippen molar-refractivity contribution in [1.29, 1.82) is 0 Å². The Morgan fingerprint density at radius 3 is 2.40 bits per heavy atom. The number of rotatable bonds is 5. The number of nitrogens with zero attached hydrogens (tertiary/aromatic N) is 6. The third-order valence-electron chi connectivity index (χ3n) is 7.12. The summed E-state index contributed by atoms with van der Waals surface area (Å²) >= 11 is 0.